The van der Waals surface area contributed by atoms with Crippen molar-refractivity contribution in [3.05, 3.63) is 77.4 Å². The summed E-state index contributed by atoms with van der Waals surface area (Å²) in [6.07, 6.45) is 14.0. The number of hydrogen-bond donors (Lipinski definition) is 3. The van der Waals surface area contributed by atoms with Gasteiger partial charge in [-0.1, -0.05) is 57.1 Å². The third-order valence-corrected chi connectivity index (χ3v) is 9.28. The van der Waals surface area contributed by atoms with Crippen LogP contribution in [0.15, 0.2) is 66.1 Å². The lowest BCUT2D eigenvalue weighted by molar-refractivity contribution is -0.137. The molecule has 5 rings (SSSR count). The Kier molecular flexibility index (Phi) is 12.8. The van der Waals surface area contributed by atoms with Crippen LogP contribution >= 0.6 is 0 Å². The first kappa shape index (κ1) is 36.7. The Balaban J connectivity index is 1.12. The maximum atomic E-state index is 13.3. The molecule has 0 bridgehead atoms. The third kappa shape index (κ3) is 9.79. The molecule has 4 heterocycles. The normalized spacial score (nSPS) is 13.9. The summed E-state index contributed by atoms with van der Waals surface area (Å²) in [5, 5.41) is 22.9. The van der Waals surface area contributed by atoms with E-state index in [1.54, 1.807) is 42.8 Å². The molecule has 0 spiro atoms. The van der Waals surface area contributed by atoms with Gasteiger partial charge in [0.15, 0.2) is 11.5 Å². The van der Waals surface area contributed by atoms with E-state index in [-0.39, 0.29) is 12.1 Å². The molecule has 1 saturated heterocycles. The van der Waals surface area contributed by atoms with Gasteiger partial charge in [-0.3, -0.25) is 14.5 Å². The number of aromatic nitrogens is 5. The van der Waals surface area contributed by atoms with Gasteiger partial charge in [-0.05, 0) is 69.6 Å². The summed E-state index contributed by atoms with van der Waals surface area (Å²) in [6.45, 7) is 12.7. The zero-order valence-corrected chi connectivity index (χ0v) is 29.6. The molecular formula is C38H52N8O4. The second-order valence-corrected chi connectivity index (χ2v) is 13.7. The van der Waals surface area contributed by atoms with Gasteiger partial charge in [0, 0.05) is 50.2 Å². The number of carboxylic acid groups (broad SMARTS) is 1. The highest BCUT2D eigenvalue weighted by Crippen LogP contribution is 2.24. The fourth-order valence-corrected chi connectivity index (χ4v) is 6.45. The van der Waals surface area contributed by atoms with Gasteiger partial charge in [-0.2, -0.15) is 4.98 Å². The maximum absolute atomic E-state index is 13.3. The van der Waals surface area contributed by atoms with E-state index < -0.39 is 11.6 Å². The first-order valence-electron chi connectivity index (χ1n) is 18.0. The Labute approximate surface area is 294 Å². The van der Waals surface area contributed by atoms with Crippen LogP contribution in [0.1, 0.15) is 83.7 Å². The molecule has 1 fully saturated rings. The minimum absolute atomic E-state index is 0.249. The van der Waals surface area contributed by atoms with Gasteiger partial charge in [-0.25, -0.2) is 19.3 Å². The minimum Gasteiger partial charge on any atom is -0.481 e. The van der Waals surface area contributed by atoms with Crippen LogP contribution in [0.2, 0.25) is 0 Å². The van der Waals surface area contributed by atoms with E-state index >= 15 is 0 Å². The number of benzene rings is 1. The second-order valence-electron chi connectivity index (χ2n) is 13.7. The maximum Gasteiger partial charge on any atom is 0.303 e. The van der Waals surface area contributed by atoms with Gasteiger partial charge in [0.2, 0.25) is 5.95 Å². The van der Waals surface area contributed by atoms with E-state index in [0.717, 1.165) is 57.7 Å². The highest BCUT2D eigenvalue weighted by atomic mass is 16.4. The SMILES string of the molecule is C=CCn1c(=O)c2cnc(Nc3ccc(N4CCN(CCCCCCCCCCCC(=O)O)CC4)cc3)nc2n1-c1cccc(C(C)(C)O)n1. The molecule has 1 aliphatic rings. The molecule has 268 valence electrons. The summed E-state index contributed by atoms with van der Waals surface area (Å²) in [5.41, 5.74) is 1.51. The number of fused-ring (bicyclic) bond motifs is 1. The number of anilines is 3. The number of aliphatic carboxylic acids is 1. The van der Waals surface area contributed by atoms with Crippen molar-refractivity contribution in [2.45, 2.75) is 90.2 Å². The van der Waals surface area contributed by atoms with Crippen LogP contribution in [0.4, 0.5) is 17.3 Å². The first-order chi connectivity index (χ1) is 24.1. The topological polar surface area (TPSA) is 142 Å². The van der Waals surface area contributed by atoms with Crippen molar-refractivity contribution in [1.29, 1.82) is 0 Å². The Hall–Kier alpha value is -4.55. The third-order valence-electron chi connectivity index (χ3n) is 9.28. The van der Waals surface area contributed by atoms with Gasteiger partial charge >= 0.3 is 5.97 Å². The molecule has 0 aliphatic carbocycles. The Morgan fingerprint density at radius 3 is 2.22 bits per heavy atom. The summed E-state index contributed by atoms with van der Waals surface area (Å²) in [4.78, 5) is 42.7. The number of carboxylic acids is 1. The fraction of sp³-hybridized carbons (Fsp3) is 0.500. The van der Waals surface area contributed by atoms with E-state index in [2.05, 4.69) is 43.8 Å². The molecule has 0 atom stereocenters. The van der Waals surface area contributed by atoms with Crippen molar-refractivity contribution in [1.82, 2.24) is 29.2 Å². The van der Waals surface area contributed by atoms with Crippen LogP contribution < -0.4 is 15.8 Å². The summed E-state index contributed by atoms with van der Waals surface area (Å²) < 4.78 is 3.17. The molecule has 0 radical (unpaired) electrons. The van der Waals surface area contributed by atoms with Crippen molar-refractivity contribution < 1.29 is 15.0 Å². The van der Waals surface area contributed by atoms with Crippen LogP contribution in [0, 0.1) is 0 Å². The number of unbranched alkanes of at least 4 members (excludes halogenated alkanes) is 8. The predicted octanol–water partition coefficient (Wildman–Crippen LogP) is 6.24. The number of aliphatic hydroxyl groups is 1. The van der Waals surface area contributed by atoms with Crippen LogP contribution in [0.25, 0.3) is 16.9 Å². The zero-order valence-electron chi connectivity index (χ0n) is 29.6. The number of rotatable bonds is 19. The molecule has 12 nitrogen and oxygen atoms in total. The van der Waals surface area contributed by atoms with Crippen LogP contribution in [0.5, 0.6) is 0 Å². The van der Waals surface area contributed by atoms with Crippen LogP contribution in [-0.4, -0.2) is 78.1 Å². The largest absolute Gasteiger partial charge is 0.481 e. The molecule has 1 aliphatic heterocycles. The highest BCUT2D eigenvalue weighted by Gasteiger charge is 2.22. The zero-order chi connectivity index (χ0) is 35.5. The van der Waals surface area contributed by atoms with E-state index in [1.807, 2.05) is 12.1 Å². The lowest BCUT2D eigenvalue weighted by atomic mass is 10.1. The van der Waals surface area contributed by atoms with E-state index in [1.165, 1.54) is 55.1 Å². The van der Waals surface area contributed by atoms with Crippen LogP contribution in [-0.2, 0) is 16.9 Å². The number of nitrogens with one attached hydrogen (secondary N) is 1. The number of pyridine rings is 1. The van der Waals surface area contributed by atoms with Gasteiger partial charge in [-0.15, -0.1) is 6.58 Å². The molecule has 3 aromatic heterocycles. The molecule has 12 heteroatoms. The smallest absolute Gasteiger partial charge is 0.303 e. The van der Waals surface area contributed by atoms with Gasteiger partial charge in [0.05, 0.1) is 12.2 Å². The van der Waals surface area contributed by atoms with Crippen molar-refractivity contribution >= 4 is 34.3 Å². The highest BCUT2D eigenvalue weighted by molar-refractivity contribution is 5.77. The molecule has 4 aromatic rings. The van der Waals surface area contributed by atoms with Crippen molar-refractivity contribution in [3.63, 3.8) is 0 Å². The Bertz CT molecular complexity index is 1770. The number of piperazine rings is 1. The number of nitrogens with zero attached hydrogens (tertiary/aromatic N) is 7. The molecule has 50 heavy (non-hydrogen) atoms. The van der Waals surface area contributed by atoms with Crippen molar-refractivity contribution in [2.24, 2.45) is 0 Å². The monoisotopic (exact) mass is 684 g/mol. The molecule has 3 N–H and O–H groups in total. The van der Waals surface area contributed by atoms with E-state index in [0.29, 0.717) is 34.9 Å². The van der Waals surface area contributed by atoms with Gasteiger partial charge < -0.3 is 20.4 Å². The molecule has 1 aromatic carbocycles. The van der Waals surface area contributed by atoms with Gasteiger partial charge in [0.25, 0.3) is 5.56 Å². The van der Waals surface area contributed by atoms with Crippen molar-refractivity contribution in [3.8, 4) is 5.82 Å². The van der Waals surface area contributed by atoms with Crippen molar-refractivity contribution in [2.75, 3.05) is 42.9 Å². The average molecular weight is 685 g/mol. The standard InChI is InChI=1S/C38H52N8O4/c1-4-22-45-36(49)31-28-39-37(42-35(31)46(45)33-16-14-15-32(41-33)38(2,3)50)40-29-18-20-30(21-19-29)44-26-24-43(25-27-44)23-13-11-9-7-5-6-8-10-12-17-34(47)48/h4,14-16,18-21,28,50H,1,5-13,17,22-27H2,2-3H3,(H,47,48)(H,39,40,42). The van der Waals surface area contributed by atoms with E-state index in [4.69, 9.17) is 10.1 Å². The first-order valence-corrected chi connectivity index (χ1v) is 18.0. The fourth-order valence-electron chi connectivity index (χ4n) is 6.45. The lowest BCUT2D eigenvalue weighted by Crippen LogP contribution is -2.46. The van der Waals surface area contributed by atoms with Gasteiger partial charge in [0.1, 0.15) is 11.0 Å². The number of hydrogen-bond acceptors (Lipinski definition) is 9. The summed E-state index contributed by atoms with van der Waals surface area (Å²) in [7, 11) is 0. The average Bonchev–Trinajstić information content (AvgIpc) is 3.37. The molecule has 0 amide bonds. The van der Waals surface area contributed by atoms with E-state index in [9.17, 15) is 14.7 Å². The second kappa shape index (κ2) is 17.4. The van der Waals surface area contributed by atoms with Crippen LogP contribution in [0.3, 0.4) is 0 Å². The molecular weight excluding hydrogens is 632 g/mol. The Morgan fingerprint density at radius 1 is 0.920 bits per heavy atom. The lowest BCUT2D eigenvalue weighted by Gasteiger charge is -2.36. The molecule has 0 saturated carbocycles. The summed E-state index contributed by atoms with van der Waals surface area (Å²) >= 11 is 0. The predicted molar refractivity (Wildman–Crippen MR) is 199 cm³/mol. The summed E-state index contributed by atoms with van der Waals surface area (Å²) in [6, 6.07) is 13.6. The number of allylic oxidation sites excluding steroid dienone is 1. The number of carbonyl (C=O) groups is 1. The quantitative estimate of drug-likeness (QED) is 0.0768. The molecule has 0 unspecified atom stereocenters. The minimum atomic E-state index is -1.15. The summed E-state index contributed by atoms with van der Waals surface area (Å²) in [5.74, 6) is 0.131. The Morgan fingerprint density at radius 2 is 1.58 bits per heavy atom.